The molecular formula is C29H21Cl3F3N5O4. The Morgan fingerprint density at radius 2 is 1.84 bits per heavy atom. The van der Waals surface area contributed by atoms with Gasteiger partial charge in [0.25, 0.3) is 18.2 Å². The lowest BCUT2D eigenvalue weighted by molar-refractivity contribution is 0.0804. The molecule has 15 heteroatoms. The predicted octanol–water partition coefficient (Wildman–Crippen LogP) is 7.08. The summed E-state index contributed by atoms with van der Waals surface area (Å²) < 4.78 is 51.5. The molecule has 9 nitrogen and oxygen atoms in total. The molecule has 0 saturated heterocycles. The van der Waals surface area contributed by atoms with Gasteiger partial charge in [0.05, 0.1) is 32.8 Å². The number of anilines is 1. The van der Waals surface area contributed by atoms with Crippen LogP contribution in [0.25, 0.3) is 11.0 Å². The van der Waals surface area contributed by atoms with Crippen molar-refractivity contribution in [1.29, 1.82) is 0 Å². The summed E-state index contributed by atoms with van der Waals surface area (Å²) in [7, 11) is 1.70. The number of hydrogen-bond donors (Lipinski definition) is 2. The first kappa shape index (κ1) is 31.2. The number of rotatable bonds is 10. The summed E-state index contributed by atoms with van der Waals surface area (Å²) in [5, 5.41) is 9.22. The minimum atomic E-state index is -2.79. The number of nitrogens with zero attached hydrogens (tertiary/aromatic N) is 3. The third-order valence-corrected chi connectivity index (χ3v) is 7.68. The van der Waals surface area contributed by atoms with E-state index in [-0.39, 0.29) is 40.7 Å². The molecule has 0 spiro atoms. The summed E-state index contributed by atoms with van der Waals surface area (Å²) in [5.41, 5.74) is 2.05. The van der Waals surface area contributed by atoms with Gasteiger partial charge in [0, 0.05) is 42.9 Å². The molecule has 0 saturated carbocycles. The van der Waals surface area contributed by atoms with Crippen LogP contribution in [0.3, 0.4) is 0 Å². The van der Waals surface area contributed by atoms with E-state index in [9.17, 15) is 22.8 Å². The van der Waals surface area contributed by atoms with Crippen LogP contribution in [0.2, 0.25) is 15.1 Å². The van der Waals surface area contributed by atoms with Crippen LogP contribution < -0.4 is 15.4 Å². The van der Waals surface area contributed by atoms with Gasteiger partial charge in [-0.1, -0.05) is 46.0 Å². The molecule has 0 aliphatic rings. The molecular weight excluding hydrogens is 646 g/mol. The van der Waals surface area contributed by atoms with Gasteiger partial charge in [-0.25, -0.2) is 18.2 Å². The fourth-order valence-electron chi connectivity index (χ4n) is 4.35. The second-order valence-corrected chi connectivity index (χ2v) is 10.6. The van der Waals surface area contributed by atoms with Crippen molar-refractivity contribution in [2.24, 2.45) is 7.05 Å². The minimum absolute atomic E-state index is 0.0430. The summed E-state index contributed by atoms with van der Waals surface area (Å²) in [6.07, 6.45) is -1.30. The normalized spacial score (nSPS) is 11.3. The van der Waals surface area contributed by atoms with Gasteiger partial charge in [0.2, 0.25) is 5.76 Å². The highest BCUT2D eigenvalue weighted by Gasteiger charge is 2.21. The number of aryl methyl sites for hydroxylation is 1. The van der Waals surface area contributed by atoms with E-state index in [1.807, 2.05) is 0 Å². The number of amides is 2. The molecule has 0 aliphatic heterocycles. The lowest BCUT2D eigenvalue weighted by Crippen LogP contribution is -2.22. The number of carbonyl (C=O) groups excluding carboxylic acids is 2. The monoisotopic (exact) mass is 665 g/mol. The number of imidazole rings is 1. The molecule has 5 rings (SSSR count). The minimum Gasteiger partial charge on any atom is -0.487 e. The summed E-state index contributed by atoms with van der Waals surface area (Å²) in [4.78, 5) is 30.1. The van der Waals surface area contributed by atoms with E-state index in [1.165, 1.54) is 36.5 Å². The maximum Gasteiger partial charge on any atom is 0.290 e. The van der Waals surface area contributed by atoms with Crippen LogP contribution in [-0.2, 0) is 20.0 Å². The number of benzene rings is 3. The third kappa shape index (κ3) is 6.77. The Balaban J connectivity index is 1.45. The van der Waals surface area contributed by atoms with Crippen molar-refractivity contribution in [3.05, 3.63) is 104 Å². The van der Waals surface area contributed by atoms with E-state index in [0.29, 0.717) is 38.0 Å². The average Bonchev–Trinajstić information content (AvgIpc) is 3.63. The van der Waals surface area contributed by atoms with Crippen LogP contribution >= 0.6 is 34.8 Å². The molecule has 3 aromatic carbocycles. The van der Waals surface area contributed by atoms with Gasteiger partial charge >= 0.3 is 0 Å². The van der Waals surface area contributed by atoms with Crippen LogP contribution in [0.5, 0.6) is 5.75 Å². The second-order valence-electron chi connectivity index (χ2n) is 9.44. The van der Waals surface area contributed by atoms with Crippen LogP contribution in [0.1, 0.15) is 37.9 Å². The standard InChI is InChI=1S/C29H21Cl3F3N5O4/c1-40-22-11-24(43-13-25(34)35)17(28(41)38-15-3-5-20(33)19(31)8-15)9-21(22)39-26(40)10-16-18(30)4-2-14(27(16)32)12-36-29(42)23-6-7-37-44-23/h2-9,11,25H,10,12-13H2,1H3,(H,36,42)(H,38,41). The van der Waals surface area contributed by atoms with Crippen LogP contribution in [0.4, 0.5) is 18.9 Å². The molecule has 44 heavy (non-hydrogen) atoms. The quantitative estimate of drug-likeness (QED) is 0.165. The number of aromatic nitrogens is 3. The summed E-state index contributed by atoms with van der Waals surface area (Å²) in [6.45, 7) is -0.877. The third-order valence-electron chi connectivity index (χ3n) is 6.56. The Hall–Kier alpha value is -4.26. The summed E-state index contributed by atoms with van der Waals surface area (Å²) in [6, 6.07) is 11.2. The number of hydrogen-bond acceptors (Lipinski definition) is 6. The fourth-order valence-corrected chi connectivity index (χ4v) is 5.10. The van der Waals surface area contributed by atoms with Crippen LogP contribution in [-0.4, -0.2) is 39.6 Å². The lowest BCUT2D eigenvalue weighted by atomic mass is 10.1. The SMILES string of the molecule is Cn1c(Cc2c(Cl)ccc(CNC(=O)c3ccno3)c2Cl)nc2cc(C(=O)Nc3ccc(F)c(Cl)c3)c(OCC(F)F)cc21. The molecule has 2 aromatic heterocycles. The molecule has 228 valence electrons. The highest BCUT2D eigenvalue weighted by molar-refractivity contribution is 6.36. The second kappa shape index (κ2) is 13.2. The summed E-state index contributed by atoms with van der Waals surface area (Å²) in [5.74, 6) is -1.45. The zero-order chi connectivity index (χ0) is 31.5. The molecule has 2 N–H and O–H groups in total. The Kier molecular flexibility index (Phi) is 9.33. The van der Waals surface area contributed by atoms with Gasteiger partial charge in [0.15, 0.2) is 0 Å². The zero-order valence-corrected chi connectivity index (χ0v) is 24.9. The maximum atomic E-state index is 13.6. The van der Waals surface area contributed by atoms with Gasteiger partial charge in [-0.3, -0.25) is 9.59 Å². The fraction of sp³-hybridized carbons (Fsp3) is 0.172. The predicted molar refractivity (Wildman–Crippen MR) is 159 cm³/mol. The van der Waals surface area contributed by atoms with Crippen molar-refractivity contribution < 1.29 is 32.0 Å². The Morgan fingerprint density at radius 1 is 1.05 bits per heavy atom. The van der Waals surface area contributed by atoms with Crippen molar-refractivity contribution in [1.82, 2.24) is 20.0 Å². The van der Waals surface area contributed by atoms with Crippen molar-refractivity contribution in [2.75, 3.05) is 11.9 Å². The van der Waals surface area contributed by atoms with E-state index < -0.39 is 30.7 Å². The molecule has 0 radical (unpaired) electrons. The molecule has 0 atom stereocenters. The Labute approximate surface area is 262 Å². The van der Waals surface area contributed by atoms with Crippen LogP contribution in [0.15, 0.2) is 59.3 Å². The van der Waals surface area contributed by atoms with E-state index in [2.05, 4.69) is 20.8 Å². The molecule has 2 amide bonds. The van der Waals surface area contributed by atoms with Crippen LogP contribution in [0, 0.1) is 5.82 Å². The topological polar surface area (TPSA) is 111 Å². The van der Waals surface area contributed by atoms with Crippen molar-refractivity contribution in [2.45, 2.75) is 19.4 Å². The van der Waals surface area contributed by atoms with Gasteiger partial charge in [-0.05, 0) is 41.5 Å². The zero-order valence-electron chi connectivity index (χ0n) is 22.6. The van der Waals surface area contributed by atoms with Gasteiger partial charge in [-0.15, -0.1) is 0 Å². The average molecular weight is 667 g/mol. The molecule has 0 unspecified atom stereocenters. The Bertz CT molecular complexity index is 1870. The Morgan fingerprint density at radius 3 is 2.55 bits per heavy atom. The first-order chi connectivity index (χ1) is 21.0. The largest absolute Gasteiger partial charge is 0.487 e. The molecule has 0 bridgehead atoms. The van der Waals surface area contributed by atoms with Crippen molar-refractivity contribution in [3.63, 3.8) is 0 Å². The molecule has 2 heterocycles. The van der Waals surface area contributed by atoms with E-state index in [0.717, 1.165) is 6.07 Å². The molecule has 0 fully saturated rings. The van der Waals surface area contributed by atoms with Gasteiger partial charge < -0.3 is 24.5 Å². The first-order valence-corrected chi connectivity index (χ1v) is 14.0. The number of alkyl halides is 2. The number of ether oxygens (including phenoxy) is 1. The van der Waals surface area contributed by atoms with Crippen molar-refractivity contribution in [3.8, 4) is 5.75 Å². The number of fused-ring (bicyclic) bond motifs is 1. The van der Waals surface area contributed by atoms with Gasteiger partial charge in [0.1, 0.15) is 24.0 Å². The summed E-state index contributed by atoms with van der Waals surface area (Å²) >= 11 is 19.0. The number of nitrogens with one attached hydrogen (secondary N) is 2. The molecule has 0 aliphatic carbocycles. The van der Waals surface area contributed by atoms with E-state index in [1.54, 1.807) is 23.7 Å². The molecule has 5 aromatic rings. The van der Waals surface area contributed by atoms with E-state index in [4.69, 9.17) is 44.1 Å². The van der Waals surface area contributed by atoms with E-state index >= 15 is 0 Å². The highest BCUT2D eigenvalue weighted by atomic mass is 35.5. The number of halogens is 6. The number of carbonyl (C=O) groups is 2. The lowest BCUT2D eigenvalue weighted by Gasteiger charge is -2.13. The van der Waals surface area contributed by atoms with Crippen molar-refractivity contribution >= 4 is 63.3 Å². The maximum absolute atomic E-state index is 13.6. The smallest absolute Gasteiger partial charge is 0.290 e. The van der Waals surface area contributed by atoms with Gasteiger partial charge in [-0.2, -0.15) is 0 Å². The first-order valence-electron chi connectivity index (χ1n) is 12.8. The highest BCUT2D eigenvalue weighted by Crippen LogP contribution is 2.33.